The van der Waals surface area contributed by atoms with Crippen LogP contribution in [0.25, 0.3) is 11.1 Å². The Balaban J connectivity index is 1.67. The third-order valence-corrected chi connectivity index (χ3v) is 6.76. The van der Waals surface area contributed by atoms with E-state index >= 15 is 0 Å². The van der Waals surface area contributed by atoms with Crippen LogP contribution >= 0.6 is 11.6 Å². The molecule has 0 saturated heterocycles. The van der Waals surface area contributed by atoms with Crippen molar-refractivity contribution in [1.29, 1.82) is 0 Å². The van der Waals surface area contributed by atoms with Gasteiger partial charge in [0.25, 0.3) is 11.8 Å². The van der Waals surface area contributed by atoms with E-state index in [-0.39, 0.29) is 22.4 Å². The molecule has 0 aromatic heterocycles. The number of rotatable bonds is 6. The van der Waals surface area contributed by atoms with Gasteiger partial charge in [0, 0.05) is 5.02 Å². The topological polar surface area (TPSA) is 95.9 Å². The van der Waals surface area contributed by atoms with Crippen molar-refractivity contribution in [3.63, 3.8) is 0 Å². The van der Waals surface area contributed by atoms with E-state index in [0.29, 0.717) is 10.6 Å². The van der Waals surface area contributed by atoms with E-state index in [1.807, 2.05) is 30.3 Å². The van der Waals surface area contributed by atoms with Crippen molar-refractivity contribution < 1.29 is 37.4 Å². The van der Waals surface area contributed by atoms with Gasteiger partial charge in [-0.25, -0.2) is 4.79 Å². The Labute approximate surface area is 236 Å². The quantitative estimate of drug-likeness (QED) is 0.260. The van der Waals surface area contributed by atoms with Crippen LogP contribution in [0.5, 0.6) is 5.75 Å². The molecule has 2 unspecified atom stereocenters. The number of hydrogen-bond acceptors (Lipinski definition) is 4. The first-order valence-electron chi connectivity index (χ1n) is 12.2. The first-order chi connectivity index (χ1) is 19.5. The molecule has 41 heavy (non-hydrogen) atoms. The summed E-state index contributed by atoms with van der Waals surface area (Å²) < 4.78 is 42.1. The van der Waals surface area contributed by atoms with Crippen molar-refractivity contribution in [3.05, 3.63) is 119 Å². The van der Waals surface area contributed by atoms with Gasteiger partial charge in [-0.05, 0) is 58.7 Å². The highest BCUT2D eigenvalue weighted by molar-refractivity contribution is 6.30. The number of benzene rings is 4. The third-order valence-electron chi connectivity index (χ3n) is 6.50. The second-order valence-corrected chi connectivity index (χ2v) is 9.58. The van der Waals surface area contributed by atoms with Crippen LogP contribution in [-0.2, 0) is 9.59 Å². The van der Waals surface area contributed by atoms with Crippen molar-refractivity contribution in [1.82, 2.24) is 4.90 Å². The van der Waals surface area contributed by atoms with E-state index in [2.05, 4.69) is 10.1 Å². The second-order valence-electron chi connectivity index (χ2n) is 9.14. The average molecular weight is 581 g/mol. The number of anilines is 1. The molecule has 1 aliphatic rings. The van der Waals surface area contributed by atoms with Crippen molar-refractivity contribution in [3.8, 4) is 16.9 Å². The zero-order chi connectivity index (χ0) is 29.3. The summed E-state index contributed by atoms with van der Waals surface area (Å²) in [4.78, 5) is 41.6. The van der Waals surface area contributed by atoms with Crippen LogP contribution in [0.3, 0.4) is 0 Å². The molecule has 5 rings (SSSR count). The summed E-state index contributed by atoms with van der Waals surface area (Å²) in [5.41, 5.74) is 1.87. The maximum atomic E-state index is 14.3. The fourth-order valence-corrected chi connectivity index (χ4v) is 4.85. The average Bonchev–Trinajstić information content (AvgIpc) is 3.03. The van der Waals surface area contributed by atoms with Gasteiger partial charge in [0.15, 0.2) is 6.04 Å². The lowest BCUT2D eigenvalue weighted by molar-refractivity contribution is -0.274. The molecular formula is C30H20ClF3N2O5. The fourth-order valence-electron chi connectivity index (χ4n) is 4.72. The molecule has 0 spiro atoms. The number of aliphatic carboxylic acids is 1. The van der Waals surface area contributed by atoms with Gasteiger partial charge >= 0.3 is 12.3 Å². The summed E-state index contributed by atoms with van der Waals surface area (Å²) in [6.07, 6.45) is -4.94. The maximum absolute atomic E-state index is 14.3. The zero-order valence-corrected chi connectivity index (χ0v) is 21.7. The molecular weight excluding hydrogens is 561 g/mol. The van der Waals surface area contributed by atoms with Crippen LogP contribution in [0, 0.1) is 0 Å². The summed E-state index contributed by atoms with van der Waals surface area (Å²) in [5.74, 6) is -3.51. The van der Waals surface area contributed by atoms with Gasteiger partial charge in [-0.1, -0.05) is 72.3 Å². The van der Waals surface area contributed by atoms with Crippen molar-refractivity contribution in [2.45, 2.75) is 18.4 Å². The SMILES string of the molecule is O=C(O)C(c1ccc(Cl)cc1)N1C(=O)c2cc(-c3ccccc3)ccc2NC(=O)C1c1ccc(OC(F)(F)F)cc1. The number of fused-ring (bicyclic) bond motifs is 1. The van der Waals surface area contributed by atoms with Crippen LogP contribution < -0.4 is 10.1 Å². The molecule has 0 aliphatic carbocycles. The molecule has 2 amide bonds. The van der Waals surface area contributed by atoms with Gasteiger partial charge in [0.2, 0.25) is 0 Å². The molecule has 1 aliphatic heterocycles. The highest BCUT2D eigenvalue weighted by Crippen LogP contribution is 2.39. The van der Waals surface area contributed by atoms with Crippen LogP contribution in [0.15, 0.2) is 97.1 Å². The van der Waals surface area contributed by atoms with Gasteiger partial charge in [-0.3, -0.25) is 9.59 Å². The maximum Gasteiger partial charge on any atom is 0.573 e. The van der Waals surface area contributed by atoms with E-state index in [1.165, 1.54) is 36.4 Å². The van der Waals surface area contributed by atoms with Gasteiger partial charge in [0.1, 0.15) is 11.8 Å². The molecule has 1 heterocycles. The molecule has 2 atom stereocenters. The standard InChI is InChI=1S/C30H20ClF3N2O5/c31-21-11-6-19(7-12-21)26(29(39)40)36-25(18-8-13-22(14-9-18)41-30(32,33)34)27(37)35-24-15-10-20(16-23(24)28(36)38)17-4-2-1-3-5-17/h1-16,25-26H,(H,35,37)(H,39,40). The van der Waals surface area contributed by atoms with E-state index in [9.17, 15) is 32.7 Å². The van der Waals surface area contributed by atoms with E-state index in [0.717, 1.165) is 22.6 Å². The Morgan fingerprint density at radius 3 is 2.17 bits per heavy atom. The second kappa shape index (κ2) is 11.0. The van der Waals surface area contributed by atoms with Gasteiger partial charge in [-0.2, -0.15) is 0 Å². The number of nitrogens with one attached hydrogen (secondary N) is 1. The van der Waals surface area contributed by atoms with E-state index < -0.39 is 42.0 Å². The molecule has 7 nitrogen and oxygen atoms in total. The van der Waals surface area contributed by atoms with Crippen LogP contribution in [0.1, 0.15) is 33.6 Å². The number of amides is 2. The summed E-state index contributed by atoms with van der Waals surface area (Å²) >= 11 is 6.00. The number of nitrogens with zero attached hydrogens (tertiary/aromatic N) is 1. The number of halogens is 4. The summed E-state index contributed by atoms with van der Waals surface area (Å²) in [6.45, 7) is 0. The summed E-state index contributed by atoms with van der Waals surface area (Å²) in [6, 6.07) is 20.9. The lowest BCUT2D eigenvalue weighted by Gasteiger charge is -2.34. The highest BCUT2D eigenvalue weighted by atomic mass is 35.5. The largest absolute Gasteiger partial charge is 0.573 e. The Hall–Kier alpha value is -4.83. The normalized spacial score (nSPS) is 15.9. The van der Waals surface area contributed by atoms with Crippen molar-refractivity contribution in [2.75, 3.05) is 5.32 Å². The number of alkyl halides is 3. The minimum atomic E-state index is -4.94. The lowest BCUT2D eigenvalue weighted by Crippen LogP contribution is -2.44. The smallest absolute Gasteiger partial charge is 0.479 e. The van der Waals surface area contributed by atoms with Gasteiger partial charge in [0.05, 0.1) is 11.3 Å². The minimum absolute atomic E-state index is 0.0411. The Morgan fingerprint density at radius 2 is 1.56 bits per heavy atom. The number of hydrogen-bond donors (Lipinski definition) is 2. The molecule has 0 saturated carbocycles. The van der Waals surface area contributed by atoms with Gasteiger partial charge in [-0.15, -0.1) is 13.2 Å². The number of carboxylic acids is 1. The lowest BCUT2D eigenvalue weighted by atomic mass is 9.97. The van der Waals surface area contributed by atoms with Crippen molar-refractivity contribution >= 4 is 35.1 Å². The van der Waals surface area contributed by atoms with Crippen molar-refractivity contribution in [2.24, 2.45) is 0 Å². The molecule has 11 heteroatoms. The number of carbonyl (C=O) groups is 3. The third kappa shape index (κ3) is 5.87. The Kier molecular flexibility index (Phi) is 7.42. The Morgan fingerprint density at radius 1 is 0.902 bits per heavy atom. The highest BCUT2D eigenvalue weighted by Gasteiger charge is 2.44. The number of carboxylic acid groups (broad SMARTS) is 1. The molecule has 4 aromatic carbocycles. The Bertz CT molecular complexity index is 1610. The first kappa shape index (κ1) is 27.7. The number of ether oxygens (including phenoxy) is 1. The molecule has 208 valence electrons. The molecule has 0 fully saturated rings. The fraction of sp³-hybridized carbons (Fsp3) is 0.100. The predicted octanol–water partition coefficient (Wildman–Crippen LogP) is 6.87. The predicted molar refractivity (Wildman–Crippen MR) is 144 cm³/mol. The zero-order valence-electron chi connectivity index (χ0n) is 20.9. The molecule has 2 N–H and O–H groups in total. The van der Waals surface area contributed by atoms with Crippen LogP contribution in [-0.4, -0.2) is 34.2 Å². The van der Waals surface area contributed by atoms with Crippen LogP contribution in [0.2, 0.25) is 5.02 Å². The first-order valence-corrected chi connectivity index (χ1v) is 12.6. The summed E-state index contributed by atoms with van der Waals surface area (Å²) in [7, 11) is 0. The number of carbonyl (C=O) groups excluding carboxylic acids is 2. The monoisotopic (exact) mass is 580 g/mol. The van der Waals surface area contributed by atoms with E-state index in [1.54, 1.807) is 18.2 Å². The molecule has 4 aromatic rings. The van der Waals surface area contributed by atoms with Gasteiger partial charge < -0.3 is 20.1 Å². The van der Waals surface area contributed by atoms with Crippen LogP contribution in [0.4, 0.5) is 18.9 Å². The minimum Gasteiger partial charge on any atom is -0.479 e. The van der Waals surface area contributed by atoms with E-state index in [4.69, 9.17) is 11.6 Å². The molecule has 0 radical (unpaired) electrons. The molecule has 0 bridgehead atoms. The summed E-state index contributed by atoms with van der Waals surface area (Å²) in [5, 5.41) is 13.4.